The number of rotatable bonds is 1. The van der Waals surface area contributed by atoms with Gasteiger partial charge in [-0.3, -0.25) is 0 Å². The lowest BCUT2D eigenvalue weighted by atomic mass is 10.2. The van der Waals surface area contributed by atoms with Gasteiger partial charge < -0.3 is 10.9 Å². The van der Waals surface area contributed by atoms with Crippen molar-refractivity contribution in [1.29, 1.82) is 0 Å². The van der Waals surface area contributed by atoms with Crippen LogP contribution in [0, 0.1) is 0 Å². The molecule has 1 unspecified atom stereocenters. The zero-order valence-corrected chi connectivity index (χ0v) is 8.21. The van der Waals surface area contributed by atoms with Crippen LogP contribution in [0.15, 0.2) is 16.9 Å². The van der Waals surface area contributed by atoms with Crippen LogP contribution in [0.5, 0.6) is 0 Å². The molecule has 4 N–H and O–H groups in total. The first kappa shape index (κ1) is 11.8. The van der Waals surface area contributed by atoms with Crippen LogP contribution >= 0.6 is 0 Å². The Morgan fingerprint density at radius 1 is 1.60 bits per heavy atom. The van der Waals surface area contributed by atoms with Gasteiger partial charge in [0.05, 0.1) is 14.1 Å². The molecule has 1 aliphatic rings. The first-order valence-electron chi connectivity index (χ1n) is 4.07. The average molecular weight is 225 g/mol. The molecule has 0 saturated heterocycles. The lowest BCUT2D eigenvalue weighted by molar-refractivity contribution is -0.890. The van der Waals surface area contributed by atoms with Crippen molar-refractivity contribution in [1.82, 2.24) is 5.43 Å². The van der Waals surface area contributed by atoms with Gasteiger partial charge in [0, 0.05) is 6.08 Å². The summed E-state index contributed by atoms with van der Waals surface area (Å²) in [6.07, 6.45) is -3.50. The van der Waals surface area contributed by atoms with Crippen molar-refractivity contribution in [3.8, 4) is 0 Å². The molecule has 0 bridgehead atoms. The van der Waals surface area contributed by atoms with Crippen molar-refractivity contribution >= 4 is 5.84 Å². The Morgan fingerprint density at radius 2 is 2.13 bits per heavy atom. The van der Waals surface area contributed by atoms with Crippen LogP contribution in [0.4, 0.5) is 13.2 Å². The smallest absolute Gasteiger partial charge is 0.409 e. The number of quaternary nitrogens is 1. The number of nitrogens with one attached hydrogen (secondary N) is 1. The van der Waals surface area contributed by atoms with E-state index in [-0.39, 0.29) is 16.1 Å². The van der Waals surface area contributed by atoms with Crippen molar-refractivity contribution < 1.29 is 23.0 Å². The Balaban J connectivity index is 3.04. The Bertz CT molecular complexity index is 321. The number of nitrogens with two attached hydrogens (primary N) is 1. The van der Waals surface area contributed by atoms with Gasteiger partial charge in [-0.25, -0.2) is 4.59 Å². The molecule has 0 aromatic rings. The number of halogens is 3. The van der Waals surface area contributed by atoms with Gasteiger partial charge in [0.15, 0.2) is 11.7 Å². The second-order valence-corrected chi connectivity index (χ2v) is 3.64. The first-order chi connectivity index (χ1) is 6.68. The van der Waals surface area contributed by atoms with E-state index in [1.807, 2.05) is 0 Å². The van der Waals surface area contributed by atoms with Gasteiger partial charge in [0.2, 0.25) is 5.84 Å². The summed E-state index contributed by atoms with van der Waals surface area (Å²) >= 11 is 0. The maximum Gasteiger partial charge on any atom is 0.412 e. The molecule has 0 radical (unpaired) electrons. The van der Waals surface area contributed by atoms with E-state index in [2.05, 4.69) is 10.6 Å². The second kappa shape index (κ2) is 3.38. The number of nitrogens with zero attached hydrogens (tertiary/aromatic N) is 2. The highest BCUT2D eigenvalue weighted by Crippen LogP contribution is 2.29. The Hall–Kier alpha value is -1.28. The number of likely N-dealkylation sites (N-methyl/N-ethyl adjacent to an activating group) is 1. The highest BCUT2D eigenvalue weighted by Gasteiger charge is 2.49. The Kier molecular flexibility index (Phi) is 2.66. The minimum Gasteiger partial charge on any atom is -0.409 e. The third kappa shape index (κ3) is 2.21. The monoisotopic (exact) mass is 225 g/mol. The average Bonchev–Trinajstić information content (AvgIpc) is 2.39. The molecule has 0 aromatic heterocycles. The van der Waals surface area contributed by atoms with Crippen LogP contribution in [0.2, 0.25) is 0 Å². The molecule has 0 amide bonds. The molecular formula is C7H12F3N4O+. The second-order valence-electron chi connectivity index (χ2n) is 3.64. The summed E-state index contributed by atoms with van der Waals surface area (Å²) in [6.45, 7) is 0. The van der Waals surface area contributed by atoms with Gasteiger partial charge in [0.25, 0.3) is 0 Å². The number of amidine groups is 1. The number of hydrogen-bond acceptors (Lipinski definition) is 3. The van der Waals surface area contributed by atoms with E-state index in [1.54, 1.807) is 0 Å². The van der Waals surface area contributed by atoms with Crippen molar-refractivity contribution in [2.45, 2.75) is 12.2 Å². The van der Waals surface area contributed by atoms with Crippen LogP contribution in [0.1, 0.15) is 0 Å². The van der Waals surface area contributed by atoms with Crippen LogP contribution in [-0.4, -0.2) is 41.9 Å². The molecule has 1 atom stereocenters. The van der Waals surface area contributed by atoms with E-state index in [9.17, 15) is 13.2 Å². The molecule has 0 aromatic carbocycles. The standard InChI is InChI=1S/C7H11F3N4O/c1-14(2)4(6(11)13-15)3-5(12-14)7(8,9)10/h3,5,12H,1-2H3,(H2-,11,13,15)/p+1. The van der Waals surface area contributed by atoms with E-state index in [0.29, 0.717) is 0 Å². The summed E-state index contributed by atoms with van der Waals surface area (Å²) in [7, 11) is 2.94. The molecule has 0 spiro atoms. The number of alkyl halides is 3. The van der Waals surface area contributed by atoms with Crippen molar-refractivity contribution in [3.05, 3.63) is 11.8 Å². The maximum absolute atomic E-state index is 12.4. The summed E-state index contributed by atoms with van der Waals surface area (Å²) < 4.78 is 36.9. The fourth-order valence-electron chi connectivity index (χ4n) is 1.39. The normalized spacial score (nSPS) is 26.6. The number of oxime groups is 1. The molecule has 5 nitrogen and oxygen atoms in total. The van der Waals surface area contributed by atoms with Crippen LogP contribution in [-0.2, 0) is 0 Å². The summed E-state index contributed by atoms with van der Waals surface area (Å²) in [5.41, 5.74) is 7.63. The van der Waals surface area contributed by atoms with Gasteiger partial charge in [0.1, 0.15) is 0 Å². The summed E-state index contributed by atoms with van der Waals surface area (Å²) in [5.74, 6) is -0.334. The van der Waals surface area contributed by atoms with Crippen LogP contribution < -0.4 is 11.2 Å². The van der Waals surface area contributed by atoms with E-state index >= 15 is 0 Å². The van der Waals surface area contributed by atoms with E-state index in [0.717, 1.165) is 6.08 Å². The lowest BCUT2D eigenvalue weighted by Gasteiger charge is -2.26. The maximum atomic E-state index is 12.4. The van der Waals surface area contributed by atoms with Crippen molar-refractivity contribution in [2.24, 2.45) is 10.9 Å². The largest absolute Gasteiger partial charge is 0.412 e. The van der Waals surface area contributed by atoms with Gasteiger partial charge in [-0.15, -0.1) is 5.43 Å². The van der Waals surface area contributed by atoms with Crippen LogP contribution in [0.25, 0.3) is 0 Å². The highest BCUT2D eigenvalue weighted by atomic mass is 19.4. The molecule has 1 rings (SSSR count). The minimum absolute atomic E-state index is 0.0832. The zero-order valence-electron chi connectivity index (χ0n) is 8.21. The fraction of sp³-hybridized carbons (Fsp3) is 0.571. The summed E-state index contributed by atoms with van der Waals surface area (Å²) in [6, 6.07) is -1.79. The topological polar surface area (TPSA) is 70.6 Å². The SMILES string of the molecule is C[N+]1(C)NC(C(F)(F)F)C=C1/C(N)=N/O. The van der Waals surface area contributed by atoms with E-state index in [1.165, 1.54) is 14.1 Å². The quantitative estimate of drug-likeness (QED) is 0.195. The summed E-state index contributed by atoms with van der Waals surface area (Å²) in [5, 5.41) is 11.1. The molecule has 0 aliphatic carbocycles. The summed E-state index contributed by atoms with van der Waals surface area (Å²) in [4.78, 5) is 0. The minimum atomic E-state index is -4.40. The fourth-order valence-corrected chi connectivity index (χ4v) is 1.39. The van der Waals surface area contributed by atoms with Crippen molar-refractivity contribution in [3.63, 3.8) is 0 Å². The molecular weight excluding hydrogens is 213 g/mol. The van der Waals surface area contributed by atoms with Gasteiger partial charge in [-0.05, 0) is 0 Å². The molecule has 0 saturated carbocycles. The third-order valence-corrected chi connectivity index (χ3v) is 2.11. The van der Waals surface area contributed by atoms with E-state index in [4.69, 9.17) is 10.9 Å². The molecule has 86 valence electrons. The van der Waals surface area contributed by atoms with Gasteiger partial charge >= 0.3 is 6.18 Å². The molecule has 0 fully saturated rings. The predicted molar refractivity (Wildman–Crippen MR) is 46.6 cm³/mol. The molecule has 1 aliphatic heterocycles. The zero-order chi connectivity index (χ0) is 11.9. The molecule has 1 heterocycles. The van der Waals surface area contributed by atoms with Gasteiger partial charge in [-0.2, -0.15) is 13.2 Å². The van der Waals surface area contributed by atoms with Gasteiger partial charge in [-0.1, -0.05) is 5.16 Å². The molecule has 15 heavy (non-hydrogen) atoms. The lowest BCUT2D eigenvalue weighted by Crippen LogP contribution is -2.54. The molecule has 8 heteroatoms. The predicted octanol–water partition coefficient (Wildman–Crippen LogP) is 0.142. The Labute approximate surface area is 84.2 Å². The van der Waals surface area contributed by atoms with Crippen molar-refractivity contribution in [2.75, 3.05) is 14.1 Å². The highest BCUT2D eigenvalue weighted by molar-refractivity contribution is 5.94. The third-order valence-electron chi connectivity index (χ3n) is 2.11. The Morgan fingerprint density at radius 3 is 2.47 bits per heavy atom. The first-order valence-corrected chi connectivity index (χ1v) is 4.07. The van der Waals surface area contributed by atoms with E-state index < -0.39 is 12.2 Å². The van der Waals surface area contributed by atoms with Crippen LogP contribution in [0.3, 0.4) is 0 Å². The number of hydrogen-bond donors (Lipinski definition) is 3.